The molecule has 0 radical (unpaired) electrons. The predicted octanol–water partition coefficient (Wildman–Crippen LogP) is 2.89. The first kappa shape index (κ1) is 15.3. The van der Waals surface area contributed by atoms with Gasteiger partial charge in [0.05, 0.1) is 0 Å². The number of aromatic nitrogens is 1. The van der Waals surface area contributed by atoms with Crippen LogP contribution in [0.5, 0.6) is 0 Å². The quantitative estimate of drug-likeness (QED) is 0.866. The highest BCUT2D eigenvalue weighted by atomic mass is 16.2. The molecule has 1 aliphatic carbocycles. The van der Waals surface area contributed by atoms with Crippen LogP contribution in [0, 0.1) is 0 Å². The SMILES string of the molecule is C=C(/C=C\CC)NC(=O)c1cc2c(n(C)c1=O)CC[C@@H]2C.[HH]. The molecule has 0 unspecified atom stereocenters. The third kappa shape index (κ3) is 2.99. The second-order valence-electron chi connectivity index (χ2n) is 5.55. The van der Waals surface area contributed by atoms with Crippen LogP contribution in [0.3, 0.4) is 0 Å². The third-order valence-corrected chi connectivity index (χ3v) is 3.99. The molecular formula is C17H24N2O2. The van der Waals surface area contributed by atoms with Gasteiger partial charge in [0.2, 0.25) is 0 Å². The highest BCUT2D eigenvalue weighted by Gasteiger charge is 2.25. The number of hydrogen-bond acceptors (Lipinski definition) is 2. The fraction of sp³-hybridized carbons (Fsp3) is 0.412. The molecule has 4 nitrogen and oxygen atoms in total. The van der Waals surface area contributed by atoms with Gasteiger partial charge in [-0.25, -0.2) is 0 Å². The van der Waals surface area contributed by atoms with Gasteiger partial charge in [0.1, 0.15) is 5.56 Å². The Morgan fingerprint density at radius 2 is 2.33 bits per heavy atom. The molecule has 0 saturated carbocycles. The summed E-state index contributed by atoms with van der Waals surface area (Å²) in [5, 5.41) is 2.67. The average Bonchev–Trinajstić information content (AvgIpc) is 2.82. The number of hydrogen-bond donors (Lipinski definition) is 1. The van der Waals surface area contributed by atoms with Crippen molar-refractivity contribution in [2.45, 2.75) is 39.0 Å². The Kier molecular flexibility index (Phi) is 4.46. The molecule has 0 saturated heterocycles. The summed E-state index contributed by atoms with van der Waals surface area (Å²) in [6, 6.07) is 1.75. The number of pyridine rings is 1. The van der Waals surface area contributed by atoms with Crippen LogP contribution in [0.1, 0.15) is 55.6 Å². The zero-order valence-electron chi connectivity index (χ0n) is 12.9. The lowest BCUT2D eigenvalue weighted by Gasteiger charge is -2.12. The molecule has 1 aromatic rings. The summed E-state index contributed by atoms with van der Waals surface area (Å²) in [6.45, 7) is 7.90. The number of fused-ring (bicyclic) bond motifs is 1. The van der Waals surface area contributed by atoms with Gasteiger partial charge in [0.15, 0.2) is 0 Å². The van der Waals surface area contributed by atoms with E-state index in [2.05, 4.69) is 18.8 Å². The number of nitrogens with zero attached hydrogens (tertiary/aromatic N) is 1. The molecule has 0 fully saturated rings. The molecule has 0 bridgehead atoms. The van der Waals surface area contributed by atoms with Crippen molar-refractivity contribution in [1.82, 2.24) is 9.88 Å². The predicted molar refractivity (Wildman–Crippen MR) is 86.6 cm³/mol. The van der Waals surface area contributed by atoms with Crippen LogP contribution < -0.4 is 10.9 Å². The number of allylic oxidation sites excluding steroid dienone is 2. The summed E-state index contributed by atoms with van der Waals surface area (Å²) in [6.07, 6.45) is 6.45. The van der Waals surface area contributed by atoms with Gasteiger partial charge in [-0.05, 0) is 42.9 Å². The molecule has 21 heavy (non-hydrogen) atoms. The van der Waals surface area contributed by atoms with E-state index in [0.29, 0.717) is 11.6 Å². The number of nitrogens with one attached hydrogen (secondary N) is 1. The van der Waals surface area contributed by atoms with E-state index in [-0.39, 0.29) is 18.5 Å². The molecule has 114 valence electrons. The minimum absolute atomic E-state index is 0. The monoisotopic (exact) mass is 288 g/mol. The molecule has 0 spiro atoms. The smallest absolute Gasteiger partial charge is 0.263 e. The summed E-state index contributed by atoms with van der Waals surface area (Å²) in [7, 11) is 1.74. The Morgan fingerprint density at radius 1 is 1.62 bits per heavy atom. The Balaban J connectivity index is 0.00000242. The zero-order valence-corrected chi connectivity index (χ0v) is 12.9. The fourth-order valence-electron chi connectivity index (χ4n) is 2.72. The van der Waals surface area contributed by atoms with Crippen molar-refractivity contribution in [3.63, 3.8) is 0 Å². The molecule has 1 aromatic heterocycles. The Bertz CT molecular complexity index is 674. The molecule has 1 heterocycles. The van der Waals surface area contributed by atoms with Crippen LogP contribution >= 0.6 is 0 Å². The van der Waals surface area contributed by atoms with E-state index >= 15 is 0 Å². The van der Waals surface area contributed by atoms with Crippen molar-refractivity contribution in [3.8, 4) is 0 Å². The first-order valence-corrected chi connectivity index (χ1v) is 7.35. The minimum atomic E-state index is -0.386. The molecule has 4 heteroatoms. The van der Waals surface area contributed by atoms with Gasteiger partial charge in [0.25, 0.3) is 11.5 Å². The normalized spacial score (nSPS) is 17.0. The second kappa shape index (κ2) is 6.12. The van der Waals surface area contributed by atoms with Crippen LogP contribution in [-0.4, -0.2) is 10.5 Å². The van der Waals surface area contributed by atoms with Crippen molar-refractivity contribution in [2.75, 3.05) is 0 Å². The standard InChI is InChI=1S/C17H22N2O2.H2/c1-5-6-7-12(3)18-16(20)14-10-13-11(2)8-9-15(13)19(4)17(14)21;/h6-7,10-11H,3,5,8-9H2,1-2,4H3,(H,18,20);1H/b7-6-;/t11-;/m0./s1. The molecule has 2 rings (SSSR count). The van der Waals surface area contributed by atoms with Crippen molar-refractivity contribution in [2.24, 2.45) is 7.05 Å². The Labute approximate surface area is 126 Å². The van der Waals surface area contributed by atoms with Crippen LogP contribution in [-0.2, 0) is 13.5 Å². The van der Waals surface area contributed by atoms with Gasteiger partial charge in [-0.15, -0.1) is 0 Å². The van der Waals surface area contributed by atoms with Crippen molar-refractivity contribution < 1.29 is 6.22 Å². The molecule has 0 aliphatic heterocycles. The van der Waals surface area contributed by atoms with Gasteiger partial charge < -0.3 is 9.88 Å². The van der Waals surface area contributed by atoms with E-state index in [1.807, 2.05) is 13.0 Å². The van der Waals surface area contributed by atoms with Crippen LogP contribution in [0.25, 0.3) is 0 Å². The van der Waals surface area contributed by atoms with Crippen molar-refractivity contribution in [3.05, 3.63) is 57.7 Å². The topological polar surface area (TPSA) is 51.1 Å². The summed E-state index contributed by atoms with van der Waals surface area (Å²) in [4.78, 5) is 24.6. The first-order chi connectivity index (χ1) is 9.95. The summed E-state index contributed by atoms with van der Waals surface area (Å²) in [5.41, 5.74) is 2.60. The van der Waals surface area contributed by atoms with E-state index in [9.17, 15) is 9.59 Å². The maximum Gasteiger partial charge on any atom is 0.263 e. The van der Waals surface area contributed by atoms with E-state index in [0.717, 1.165) is 30.5 Å². The van der Waals surface area contributed by atoms with Crippen LogP contribution in [0.15, 0.2) is 35.3 Å². The molecular weight excluding hydrogens is 264 g/mol. The molecule has 1 aliphatic rings. The number of carbonyl (C=O) groups is 1. The Hall–Kier alpha value is -2.10. The lowest BCUT2D eigenvalue weighted by Crippen LogP contribution is -2.32. The van der Waals surface area contributed by atoms with Crippen LogP contribution in [0.2, 0.25) is 0 Å². The highest BCUT2D eigenvalue weighted by molar-refractivity contribution is 5.95. The highest BCUT2D eigenvalue weighted by Crippen LogP contribution is 2.31. The van der Waals surface area contributed by atoms with Crippen molar-refractivity contribution in [1.29, 1.82) is 0 Å². The van der Waals surface area contributed by atoms with Gasteiger partial charge >= 0.3 is 0 Å². The maximum atomic E-state index is 12.3. The zero-order chi connectivity index (χ0) is 15.6. The maximum absolute atomic E-state index is 12.3. The molecule has 1 amide bonds. The lowest BCUT2D eigenvalue weighted by atomic mass is 10.0. The number of carbonyl (C=O) groups excluding carboxylic acids is 1. The fourth-order valence-corrected chi connectivity index (χ4v) is 2.72. The summed E-state index contributed by atoms with van der Waals surface area (Å²) in [5.74, 6) is 0.00444. The van der Waals surface area contributed by atoms with Gasteiger partial charge in [-0.1, -0.05) is 26.5 Å². The second-order valence-corrected chi connectivity index (χ2v) is 5.55. The van der Waals surface area contributed by atoms with Crippen molar-refractivity contribution >= 4 is 5.91 Å². The number of amides is 1. The van der Waals surface area contributed by atoms with Gasteiger partial charge in [-0.3, -0.25) is 9.59 Å². The van der Waals surface area contributed by atoms with Gasteiger partial charge in [-0.2, -0.15) is 0 Å². The summed E-state index contributed by atoms with van der Waals surface area (Å²) >= 11 is 0. The van der Waals surface area contributed by atoms with E-state index in [4.69, 9.17) is 0 Å². The van der Waals surface area contributed by atoms with Crippen LogP contribution in [0.4, 0.5) is 0 Å². The van der Waals surface area contributed by atoms with E-state index in [1.165, 1.54) is 0 Å². The molecule has 1 N–H and O–H groups in total. The van der Waals surface area contributed by atoms with Gasteiger partial charge in [0, 0.05) is 19.9 Å². The molecule has 1 atom stereocenters. The van der Waals surface area contributed by atoms with E-state index < -0.39 is 0 Å². The van der Waals surface area contributed by atoms with E-state index in [1.54, 1.807) is 23.8 Å². The Morgan fingerprint density at radius 3 is 3.00 bits per heavy atom. The first-order valence-electron chi connectivity index (χ1n) is 7.35. The molecule has 0 aromatic carbocycles. The summed E-state index contributed by atoms with van der Waals surface area (Å²) < 4.78 is 1.61. The largest absolute Gasteiger partial charge is 0.322 e. The minimum Gasteiger partial charge on any atom is -0.322 e. The average molecular weight is 288 g/mol. The number of rotatable bonds is 4. The lowest BCUT2D eigenvalue weighted by molar-refractivity contribution is 0.0965. The third-order valence-electron chi connectivity index (χ3n) is 3.99.